The number of anilines is 2. The molecule has 4 rings (SSSR count). The Morgan fingerprint density at radius 1 is 0.971 bits per heavy atom. The number of amides is 4. The summed E-state index contributed by atoms with van der Waals surface area (Å²) in [5, 5.41) is 8.74. The molecule has 0 aliphatic carbocycles. The van der Waals surface area contributed by atoms with E-state index < -0.39 is 12.1 Å². The van der Waals surface area contributed by atoms with Crippen LogP contribution in [0.5, 0.6) is 0 Å². The highest BCUT2D eigenvalue weighted by atomic mass is 35.5. The minimum atomic E-state index is -0.709. The zero-order valence-corrected chi connectivity index (χ0v) is 19.4. The molecular formula is C26H25ClN4O3. The van der Waals surface area contributed by atoms with Gasteiger partial charge in [0.25, 0.3) is 5.91 Å². The summed E-state index contributed by atoms with van der Waals surface area (Å²) in [6.07, 6.45) is 1.19. The number of nitrogens with one attached hydrogen (secondary N) is 3. The molecule has 1 aliphatic rings. The third kappa shape index (κ3) is 5.05. The van der Waals surface area contributed by atoms with E-state index in [9.17, 15) is 14.4 Å². The second-order valence-corrected chi connectivity index (χ2v) is 8.37. The number of rotatable bonds is 5. The van der Waals surface area contributed by atoms with Crippen molar-refractivity contribution in [1.29, 1.82) is 0 Å². The molecule has 4 amide bonds. The number of halogens is 1. The molecule has 174 valence electrons. The van der Waals surface area contributed by atoms with Crippen molar-refractivity contribution in [3.8, 4) is 11.1 Å². The third-order valence-electron chi connectivity index (χ3n) is 5.72. The minimum absolute atomic E-state index is 0.257. The second-order valence-electron chi connectivity index (χ2n) is 7.93. The maximum absolute atomic E-state index is 13.4. The van der Waals surface area contributed by atoms with E-state index in [0.29, 0.717) is 41.3 Å². The largest absolute Gasteiger partial charge is 0.355 e. The molecule has 0 aromatic heterocycles. The van der Waals surface area contributed by atoms with Gasteiger partial charge in [-0.15, -0.1) is 0 Å². The average Bonchev–Trinajstić information content (AvgIpc) is 2.86. The molecule has 3 N–H and O–H groups in total. The van der Waals surface area contributed by atoms with Crippen molar-refractivity contribution in [2.24, 2.45) is 0 Å². The molecule has 1 heterocycles. The molecule has 3 aromatic carbocycles. The summed E-state index contributed by atoms with van der Waals surface area (Å²) in [5.41, 5.74) is 3.14. The number of nitrogens with zero attached hydrogens (tertiary/aromatic N) is 1. The quantitative estimate of drug-likeness (QED) is 0.499. The van der Waals surface area contributed by atoms with Crippen LogP contribution in [0.15, 0.2) is 72.8 Å². The van der Waals surface area contributed by atoms with E-state index in [1.807, 2.05) is 42.5 Å². The summed E-state index contributed by atoms with van der Waals surface area (Å²) in [6, 6.07) is 20.6. The molecule has 3 aromatic rings. The van der Waals surface area contributed by atoms with Gasteiger partial charge in [0.05, 0.1) is 11.3 Å². The maximum atomic E-state index is 13.4. The maximum Gasteiger partial charge on any atom is 0.319 e. The van der Waals surface area contributed by atoms with Crippen LogP contribution in [0, 0.1) is 0 Å². The topological polar surface area (TPSA) is 90.5 Å². The predicted octanol–water partition coefficient (Wildman–Crippen LogP) is 4.68. The van der Waals surface area contributed by atoms with Crippen LogP contribution in [0.3, 0.4) is 0 Å². The number of carbonyl (C=O) groups excluding carboxylic acids is 3. The lowest BCUT2D eigenvalue weighted by Crippen LogP contribution is -2.53. The van der Waals surface area contributed by atoms with E-state index in [1.165, 1.54) is 0 Å². The monoisotopic (exact) mass is 476 g/mol. The Morgan fingerprint density at radius 3 is 2.41 bits per heavy atom. The van der Waals surface area contributed by atoms with Crippen LogP contribution in [0.25, 0.3) is 11.1 Å². The Kier molecular flexibility index (Phi) is 7.13. The van der Waals surface area contributed by atoms with Gasteiger partial charge in [-0.1, -0.05) is 54.1 Å². The Labute approximate surface area is 203 Å². The molecule has 34 heavy (non-hydrogen) atoms. The highest BCUT2D eigenvalue weighted by Gasteiger charge is 2.33. The fourth-order valence-corrected chi connectivity index (χ4v) is 4.22. The van der Waals surface area contributed by atoms with Crippen molar-refractivity contribution >= 4 is 40.8 Å². The number of hydrogen-bond acceptors (Lipinski definition) is 3. The van der Waals surface area contributed by atoms with Gasteiger partial charge in [-0.3, -0.25) is 9.59 Å². The van der Waals surface area contributed by atoms with Crippen molar-refractivity contribution in [2.45, 2.75) is 18.9 Å². The van der Waals surface area contributed by atoms with Gasteiger partial charge >= 0.3 is 6.03 Å². The molecule has 0 saturated carbocycles. The van der Waals surface area contributed by atoms with Crippen LogP contribution >= 0.6 is 11.6 Å². The molecule has 1 unspecified atom stereocenters. The Bertz CT molecular complexity index is 1200. The van der Waals surface area contributed by atoms with E-state index in [0.717, 1.165) is 11.1 Å². The number of piperidine rings is 1. The highest BCUT2D eigenvalue weighted by Crippen LogP contribution is 2.33. The number of benzene rings is 3. The lowest BCUT2D eigenvalue weighted by atomic mass is 9.95. The summed E-state index contributed by atoms with van der Waals surface area (Å²) >= 11 is 5.89. The summed E-state index contributed by atoms with van der Waals surface area (Å²) in [5.74, 6) is -0.536. The molecule has 7 nitrogen and oxygen atoms in total. The van der Waals surface area contributed by atoms with E-state index in [4.69, 9.17) is 11.6 Å². The lowest BCUT2D eigenvalue weighted by Gasteiger charge is -2.34. The van der Waals surface area contributed by atoms with Gasteiger partial charge in [0, 0.05) is 24.3 Å². The van der Waals surface area contributed by atoms with Crippen molar-refractivity contribution in [1.82, 2.24) is 10.6 Å². The summed E-state index contributed by atoms with van der Waals surface area (Å²) in [6.45, 7) is 0.456. The first-order chi connectivity index (χ1) is 16.5. The first-order valence-corrected chi connectivity index (χ1v) is 11.4. The number of urea groups is 1. The second kappa shape index (κ2) is 10.4. The van der Waals surface area contributed by atoms with Crippen molar-refractivity contribution in [3.63, 3.8) is 0 Å². The predicted molar refractivity (Wildman–Crippen MR) is 134 cm³/mol. The number of hydrogen-bond donors (Lipinski definition) is 3. The SMILES string of the molecule is CNC(=O)c1c(-c2ccccc2)cccc1N1CCCC(NC(=O)Nc2ccc(Cl)cc2)C1=O. The zero-order chi connectivity index (χ0) is 24.1. The van der Waals surface area contributed by atoms with E-state index in [1.54, 1.807) is 42.3 Å². The fraction of sp³-hybridized carbons (Fsp3) is 0.192. The molecule has 0 spiro atoms. The van der Waals surface area contributed by atoms with Gasteiger partial charge < -0.3 is 20.9 Å². The fourth-order valence-electron chi connectivity index (χ4n) is 4.09. The van der Waals surface area contributed by atoms with Gasteiger partial charge in [-0.25, -0.2) is 4.79 Å². The lowest BCUT2D eigenvalue weighted by molar-refractivity contribution is -0.121. The van der Waals surface area contributed by atoms with Crippen LogP contribution in [0.2, 0.25) is 5.02 Å². The van der Waals surface area contributed by atoms with Crippen LogP contribution in [-0.2, 0) is 4.79 Å². The molecule has 1 saturated heterocycles. The summed E-state index contributed by atoms with van der Waals surface area (Å²) < 4.78 is 0. The molecule has 1 fully saturated rings. The van der Waals surface area contributed by atoms with Gasteiger partial charge in [-0.2, -0.15) is 0 Å². The first kappa shape index (κ1) is 23.3. The van der Waals surface area contributed by atoms with E-state index >= 15 is 0 Å². The summed E-state index contributed by atoms with van der Waals surface area (Å²) in [4.78, 5) is 40.4. The smallest absolute Gasteiger partial charge is 0.319 e. The minimum Gasteiger partial charge on any atom is -0.355 e. The normalized spacial score (nSPS) is 15.5. The zero-order valence-electron chi connectivity index (χ0n) is 18.7. The highest BCUT2D eigenvalue weighted by molar-refractivity contribution is 6.30. The molecule has 0 bridgehead atoms. The van der Waals surface area contributed by atoms with Crippen LogP contribution in [-0.4, -0.2) is 37.5 Å². The molecule has 1 aliphatic heterocycles. The number of carbonyl (C=O) groups is 3. The summed E-state index contributed by atoms with van der Waals surface area (Å²) in [7, 11) is 1.57. The Balaban J connectivity index is 1.59. The van der Waals surface area contributed by atoms with Crippen LogP contribution in [0.4, 0.5) is 16.2 Å². The van der Waals surface area contributed by atoms with Crippen LogP contribution < -0.4 is 20.9 Å². The molecule has 8 heteroatoms. The standard InChI is InChI=1S/C26H25ClN4O3/c1-28-24(32)23-20(17-7-3-2-4-8-17)9-5-11-22(23)31-16-6-10-21(25(31)33)30-26(34)29-19-14-12-18(27)13-15-19/h2-5,7-9,11-15,21H,6,10,16H2,1H3,(H,28,32)(H2,29,30,34). The van der Waals surface area contributed by atoms with Crippen LogP contribution in [0.1, 0.15) is 23.2 Å². The molecule has 1 atom stereocenters. The third-order valence-corrected chi connectivity index (χ3v) is 5.97. The molecular weight excluding hydrogens is 452 g/mol. The van der Waals surface area contributed by atoms with Crippen molar-refractivity contribution < 1.29 is 14.4 Å². The van der Waals surface area contributed by atoms with E-state index in [2.05, 4.69) is 16.0 Å². The Morgan fingerprint density at radius 2 is 1.71 bits per heavy atom. The first-order valence-electron chi connectivity index (χ1n) is 11.0. The van der Waals surface area contributed by atoms with Crippen molar-refractivity contribution in [3.05, 3.63) is 83.4 Å². The van der Waals surface area contributed by atoms with Gasteiger partial charge in [-0.05, 0) is 54.3 Å². The van der Waals surface area contributed by atoms with Gasteiger partial charge in [0.2, 0.25) is 5.91 Å². The van der Waals surface area contributed by atoms with E-state index in [-0.39, 0.29) is 11.8 Å². The average molecular weight is 477 g/mol. The van der Waals surface area contributed by atoms with Gasteiger partial charge in [0.1, 0.15) is 6.04 Å². The Hall–Kier alpha value is -3.84. The molecule has 0 radical (unpaired) electrons. The van der Waals surface area contributed by atoms with Crippen molar-refractivity contribution in [2.75, 3.05) is 23.8 Å². The van der Waals surface area contributed by atoms with Gasteiger partial charge in [0.15, 0.2) is 0 Å².